The van der Waals surface area contributed by atoms with E-state index >= 15 is 0 Å². The third kappa shape index (κ3) is 2.42. The molecular formula is C16H10N4O. The molecule has 0 radical (unpaired) electrons. The van der Waals surface area contributed by atoms with Crippen molar-refractivity contribution in [1.82, 2.24) is 15.4 Å². The van der Waals surface area contributed by atoms with Crippen molar-refractivity contribution in [1.29, 1.82) is 5.26 Å². The van der Waals surface area contributed by atoms with Crippen LogP contribution in [0.25, 0.3) is 22.4 Å². The summed E-state index contributed by atoms with van der Waals surface area (Å²) in [6.07, 6.45) is 0.814. The normalized spacial score (nSPS) is 10.0. The van der Waals surface area contributed by atoms with Crippen LogP contribution in [-0.2, 0) is 0 Å². The number of carbonyl (C=O) groups is 1. The van der Waals surface area contributed by atoms with Gasteiger partial charge in [0.15, 0.2) is 5.69 Å². The molecular weight excluding hydrogens is 264 g/mol. The Morgan fingerprint density at radius 2 is 1.76 bits per heavy atom. The van der Waals surface area contributed by atoms with Gasteiger partial charge in [0.1, 0.15) is 18.0 Å². The van der Waals surface area contributed by atoms with Crippen molar-refractivity contribution in [3.05, 3.63) is 59.8 Å². The van der Waals surface area contributed by atoms with Crippen LogP contribution in [0.4, 0.5) is 0 Å². The van der Waals surface area contributed by atoms with Gasteiger partial charge in [-0.05, 0) is 17.2 Å². The standard InChI is InChI=1S/C16H10N4O/c17-9-15-16(19-20-18-15)14-3-1-2-13(8-14)12-6-4-11(10-21)5-7-12/h1-8,10H,(H,18,19,20). The number of hydrogen-bond donors (Lipinski definition) is 1. The van der Waals surface area contributed by atoms with Crippen molar-refractivity contribution in [3.63, 3.8) is 0 Å². The van der Waals surface area contributed by atoms with E-state index in [1.165, 1.54) is 0 Å². The molecule has 0 aliphatic heterocycles. The van der Waals surface area contributed by atoms with Gasteiger partial charge in [0, 0.05) is 11.1 Å². The van der Waals surface area contributed by atoms with Crippen molar-refractivity contribution in [2.45, 2.75) is 0 Å². The highest BCUT2D eigenvalue weighted by Crippen LogP contribution is 2.26. The number of H-pyrrole nitrogens is 1. The maximum absolute atomic E-state index is 10.7. The maximum Gasteiger partial charge on any atom is 0.190 e. The van der Waals surface area contributed by atoms with E-state index in [2.05, 4.69) is 15.4 Å². The molecule has 0 aliphatic rings. The first-order valence-electron chi connectivity index (χ1n) is 6.29. The zero-order valence-electron chi connectivity index (χ0n) is 10.9. The smallest absolute Gasteiger partial charge is 0.190 e. The molecule has 1 aromatic heterocycles. The molecule has 5 nitrogen and oxygen atoms in total. The van der Waals surface area contributed by atoms with Crippen LogP contribution in [0.3, 0.4) is 0 Å². The Morgan fingerprint density at radius 3 is 2.48 bits per heavy atom. The molecule has 21 heavy (non-hydrogen) atoms. The second-order valence-electron chi connectivity index (χ2n) is 4.45. The van der Waals surface area contributed by atoms with Gasteiger partial charge in [-0.2, -0.15) is 15.6 Å². The monoisotopic (exact) mass is 274 g/mol. The van der Waals surface area contributed by atoms with Crippen molar-refractivity contribution in [3.8, 4) is 28.5 Å². The molecule has 0 fully saturated rings. The summed E-state index contributed by atoms with van der Waals surface area (Å²) < 4.78 is 0. The first-order valence-corrected chi connectivity index (χ1v) is 6.29. The summed E-state index contributed by atoms with van der Waals surface area (Å²) in [5, 5.41) is 19.3. The van der Waals surface area contributed by atoms with Gasteiger partial charge < -0.3 is 0 Å². The lowest BCUT2D eigenvalue weighted by Gasteiger charge is -2.04. The summed E-state index contributed by atoms with van der Waals surface area (Å²) >= 11 is 0. The maximum atomic E-state index is 10.7. The minimum Gasteiger partial charge on any atom is -0.298 e. The summed E-state index contributed by atoms with van der Waals surface area (Å²) in [7, 11) is 0. The lowest BCUT2D eigenvalue weighted by atomic mass is 10.0. The number of aromatic amines is 1. The molecule has 1 N–H and O–H groups in total. The Morgan fingerprint density at radius 1 is 1.00 bits per heavy atom. The van der Waals surface area contributed by atoms with Gasteiger partial charge in [0.25, 0.3) is 0 Å². The Kier molecular flexibility index (Phi) is 3.27. The van der Waals surface area contributed by atoms with E-state index in [-0.39, 0.29) is 5.69 Å². The van der Waals surface area contributed by atoms with E-state index in [4.69, 9.17) is 5.26 Å². The molecule has 1 heterocycles. The number of carbonyl (C=O) groups excluding carboxylic acids is 1. The van der Waals surface area contributed by atoms with Crippen LogP contribution in [0.1, 0.15) is 16.1 Å². The number of nitrogens with zero attached hydrogens (tertiary/aromatic N) is 3. The van der Waals surface area contributed by atoms with Crippen LogP contribution >= 0.6 is 0 Å². The predicted octanol–water partition coefficient (Wildman–Crippen LogP) is 2.82. The highest BCUT2D eigenvalue weighted by atomic mass is 16.1. The zero-order valence-corrected chi connectivity index (χ0v) is 10.9. The molecule has 0 spiro atoms. The molecule has 2 aromatic carbocycles. The molecule has 0 aliphatic carbocycles. The number of benzene rings is 2. The molecule has 3 aromatic rings. The predicted molar refractivity (Wildman–Crippen MR) is 77.4 cm³/mol. The van der Waals surface area contributed by atoms with E-state index in [0.29, 0.717) is 11.3 Å². The van der Waals surface area contributed by atoms with Crippen LogP contribution in [0.5, 0.6) is 0 Å². The third-order valence-corrected chi connectivity index (χ3v) is 3.17. The second-order valence-corrected chi connectivity index (χ2v) is 4.45. The lowest BCUT2D eigenvalue weighted by molar-refractivity contribution is 0.112. The average molecular weight is 274 g/mol. The van der Waals surface area contributed by atoms with Crippen LogP contribution in [0, 0.1) is 11.3 Å². The van der Waals surface area contributed by atoms with Gasteiger partial charge in [0.2, 0.25) is 0 Å². The number of hydrogen-bond acceptors (Lipinski definition) is 4. The van der Waals surface area contributed by atoms with Crippen LogP contribution in [-0.4, -0.2) is 21.7 Å². The molecule has 100 valence electrons. The Bertz CT molecular complexity index is 828. The molecule has 0 unspecified atom stereocenters. The zero-order chi connectivity index (χ0) is 14.7. The molecule has 3 rings (SSSR count). The molecule has 0 saturated heterocycles. The van der Waals surface area contributed by atoms with E-state index in [1.54, 1.807) is 12.1 Å². The fourth-order valence-electron chi connectivity index (χ4n) is 2.11. The number of rotatable bonds is 3. The summed E-state index contributed by atoms with van der Waals surface area (Å²) in [6, 6.07) is 17.0. The van der Waals surface area contributed by atoms with Crippen LogP contribution in [0.15, 0.2) is 48.5 Å². The SMILES string of the molecule is N#Cc1n[nH]nc1-c1cccc(-c2ccc(C=O)cc2)c1. The van der Waals surface area contributed by atoms with Gasteiger partial charge in [-0.1, -0.05) is 42.5 Å². The van der Waals surface area contributed by atoms with Crippen LogP contribution < -0.4 is 0 Å². The second kappa shape index (κ2) is 5.39. The van der Waals surface area contributed by atoms with Gasteiger partial charge in [0.05, 0.1) is 0 Å². The highest BCUT2D eigenvalue weighted by Gasteiger charge is 2.10. The fourth-order valence-corrected chi connectivity index (χ4v) is 2.11. The van der Waals surface area contributed by atoms with Crippen molar-refractivity contribution in [2.75, 3.05) is 0 Å². The number of nitriles is 1. The molecule has 5 heteroatoms. The lowest BCUT2D eigenvalue weighted by Crippen LogP contribution is -1.85. The van der Waals surface area contributed by atoms with Crippen molar-refractivity contribution in [2.24, 2.45) is 0 Å². The molecule has 0 amide bonds. The fraction of sp³-hybridized carbons (Fsp3) is 0. The Balaban J connectivity index is 2.04. The topological polar surface area (TPSA) is 82.4 Å². The number of aromatic nitrogens is 3. The Hall–Kier alpha value is -3.26. The Labute approximate surface area is 120 Å². The van der Waals surface area contributed by atoms with Gasteiger partial charge >= 0.3 is 0 Å². The summed E-state index contributed by atoms with van der Waals surface area (Å²) in [6.45, 7) is 0. The summed E-state index contributed by atoms with van der Waals surface area (Å²) in [5.74, 6) is 0. The van der Waals surface area contributed by atoms with E-state index in [0.717, 1.165) is 23.0 Å². The van der Waals surface area contributed by atoms with Gasteiger partial charge in [-0.15, -0.1) is 5.10 Å². The quantitative estimate of drug-likeness (QED) is 0.744. The van der Waals surface area contributed by atoms with E-state index < -0.39 is 0 Å². The minimum atomic E-state index is 0.267. The first kappa shape index (κ1) is 12.8. The molecule has 0 bridgehead atoms. The third-order valence-electron chi connectivity index (χ3n) is 3.17. The largest absolute Gasteiger partial charge is 0.298 e. The molecule has 0 atom stereocenters. The number of aldehydes is 1. The van der Waals surface area contributed by atoms with Gasteiger partial charge in [-0.3, -0.25) is 4.79 Å². The minimum absolute atomic E-state index is 0.267. The van der Waals surface area contributed by atoms with E-state index in [1.807, 2.05) is 42.5 Å². The first-order chi connectivity index (χ1) is 10.3. The average Bonchev–Trinajstić information content (AvgIpc) is 3.04. The van der Waals surface area contributed by atoms with Crippen molar-refractivity contribution >= 4 is 6.29 Å². The highest BCUT2D eigenvalue weighted by molar-refractivity contribution is 5.78. The summed E-state index contributed by atoms with van der Waals surface area (Å²) in [4.78, 5) is 10.7. The summed E-state index contributed by atoms with van der Waals surface area (Å²) in [5.41, 5.74) is 4.23. The van der Waals surface area contributed by atoms with Crippen LogP contribution in [0.2, 0.25) is 0 Å². The number of nitrogens with one attached hydrogen (secondary N) is 1. The van der Waals surface area contributed by atoms with E-state index in [9.17, 15) is 4.79 Å². The van der Waals surface area contributed by atoms with Crippen molar-refractivity contribution < 1.29 is 4.79 Å². The van der Waals surface area contributed by atoms with Gasteiger partial charge in [-0.25, -0.2) is 0 Å². The molecule has 0 saturated carbocycles.